The highest BCUT2D eigenvalue weighted by molar-refractivity contribution is 5.93. The second kappa shape index (κ2) is 5.65. The van der Waals surface area contributed by atoms with Crippen LogP contribution in [0.3, 0.4) is 0 Å². The first-order valence-corrected chi connectivity index (χ1v) is 7.13. The van der Waals surface area contributed by atoms with Gasteiger partial charge in [0.25, 0.3) is 5.91 Å². The molecule has 3 rings (SSSR count). The second-order valence-corrected chi connectivity index (χ2v) is 5.51. The van der Waals surface area contributed by atoms with Gasteiger partial charge in [0, 0.05) is 25.6 Å². The number of carbonyl (C=O) groups excluding carboxylic acids is 1. The Morgan fingerprint density at radius 1 is 1.43 bits per heavy atom. The van der Waals surface area contributed by atoms with E-state index in [2.05, 4.69) is 20.9 Å². The predicted octanol–water partition coefficient (Wildman–Crippen LogP) is 0.833. The number of hydrogen-bond acceptors (Lipinski definition) is 4. The van der Waals surface area contributed by atoms with Gasteiger partial charge in [0.15, 0.2) is 5.69 Å². The number of aryl methyl sites for hydroxylation is 1. The summed E-state index contributed by atoms with van der Waals surface area (Å²) in [4.78, 5) is 12.2. The van der Waals surface area contributed by atoms with Gasteiger partial charge in [-0.05, 0) is 31.5 Å². The highest BCUT2D eigenvalue weighted by Gasteiger charge is 2.21. The maximum Gasteiger partial charge on any atom is 0.273 e. The number of amides is 1. The SMILES string of the molecule is Cc1cccc(-n2nnc(C(=O)NCC3CNC3)c2C)c1. The minimum absolute atomic E-state index is 0.154. The zero-order valence-corrected chi connectivity index (χ0v) is 12.3. The molecule has 1 aromatic carbocycles. The van der Waals surface area contributed by atoms with Gasteiger partial charge >= 0.3 is 0 Å². The molecule has 0 spiro atoms. The third-order valence-corrected chi connectivity index (χ3v) is 3.77. The zero-order valence-electron chi connectivity index (χ0n) is 12.3. The molecule has 0 aliphatic carbocycles. The quantitative estimate of drug-likeness (QED) is 0.873. The first-order chi connectivity index (χ1) is 10.1. The number of nitrogens with zero attached hydrogens (tertiary/aromatic N) is 3. The van der Waals surface area contributed by atoms with Gasteiger partial charge in [0.1, 0.15) is 0 Å². The fourth-order valence-electron chi connectivity index (χ4n) is 2.36. The largest absolute Gasteiger partial charge is 0.350 e. The summed E-state index contributed by atoms with van der Waals surface area (Å²) in [5.74, 6) is 0.374. The number of benzene rings is 1. The summed E-state index contributed by atoms with van der Waals surface area (Å²) in [5, 5.41) is 14.2. The van der Waals surface area contributed by atoms with Gasteiger partial charge < -0.3 is 10.6 Å². The topological polar surface area (TPSA) is 71.8 Å². The van der Waals surface area contributed by atoms with Crippen molar-refractivity contribution in [1.82, 2.24) is 25.6 Å². The lowest BCUT2D eigenvalue weighted by Gasteiger charge is -2.26. The van der Waals surface area contributed by atoms with Crippen LogP contribution in [0.2, 0.25) is 0 Å². The van der Waals surface area contributed by atoms with E-state index in [0.29, 0.717) is 18.2 Å². The molecule has 2 heterocycles. The Balaban J connectivity index is 1.76. The molecular weight excluding hydrogens is 266 g/mol. The smallest absolute Gasteiger partial charge is 0.273 e. The van der Waals surface area contributed by atoms with E-state index < -0.39 is 0 Å². The number of carbonyl (C=O) groups is 1. The molecule has 1 amide bonds. The molecule has 110 valence electrons. The van der Waals surface area contributed by atoms with Crippen molar-refractivity contribution in [2.45, 2.75) is 13.8 Å². The molecule has 2 aromatic rings. The third kappa shape index (κ3) is 2.80. The van der Waals surface area contributed by atoms with Crippen molar-refractivity contribution in [3.8, 4) is 5.69 Å². The third-order valence-electron chi connectivity index (χ3n) is 3.77. The first kappa shape index (κ1) is 13.8. The van der Waals surface area contributed by atoms with E-state index in [0.717, 1.165) is 30.0 Å². The maximum atomic E-state index is 12.2. The van der Waals surface area contributed by atoms with Gasteiger partial charge in [-0.15, -0.1) is 5.10 Å². The lowest BCUT2D eigenvalue weighted by molar-refractivity contribution is 0.0936. The van der Waals surface area contributed by atoms with Crippen LogP contribution in [0.4, 0.5) is 0 Å². The van der Waals surface area contributed by atoms with Crippen LogP contribution >= 0.6 is 0 Å². The maximum absolute atomic E-state index is 12.2. The van der Waals surface area contributed by atoms with Gasteiger partial charge in [-0.3, -0.25) is 4.79 Å². The van der Waals surface area contributed by atoms with E-state index >= 15 is 0 Å². The van der Waals surface area contributed by atoms with Crippen LogP contribution in [-0.2, 0) is 0 Å². The van der Waals surface area contributed by atoms with Crippen molar-refractivity contribution in [1.29, 1.82) is 0 Å². The Labute approximate surface area is 123 Å². The predicted molar refractivity (Wildman–Crippen MR) is 79.5 cm³/mol. The van der Waals surface area contributed by atoms with Crippen LogP contribution in [0.5, 0.6) is 0 Å². The summed E-state index contributed by atoms with van der Waals surface area (Å²) in [7, 11) is 0. The van der Waals surface area contributed by atoms with E-state index in [-0.39, 0.29) is 5.91 Å². The Morgan fingerprint density at radius 3 is 2.90 bits per heavy atom. The standard InChI is InChI=1S/C15H19N5O/c1-10-4-3-5-13(6-10)20-11(2)14(18-19-20)15(21)17-9-12-7-16-8-12/h3-6,12,16H,7-9H2,1-2H3,(H,17,21). The molecule has 1 saturated heterocycles. The fraction of sp³-hybridized carbons (Fsp3) is 0.400. The number of aromatic nitrogens is 3. The molecule has 1 aliphatic heterocycles. The van der Waals surface area contributed by atoms with Crippen molar-refractivity contribution in [3.05, 3.63) is 41.2 Å². The normalized spacial score (nSPS) is 14.8. The van der Waals surface area contributed by atoms with Gasteiger partial charge in [0.2, 0.25) is 0 Å². The minimum Gasteiger partial charge on any atom is -0.350 e. The highest BCUT2D eigenvalue weighted by atomic mass is 16.2. The molecule has 21 heavy (non-hydrogen) atoms. The molecule has 1 aromatic heterocycles. The van der Waals surface area contributed by atoms with Crippen molar-refractivity contribution in [2.75, 3.05) is 19.6 Å². The molecule has 0 saturated carbocycles. The van der Waals surface area contributed by atoms with Crippen molar-refractivity contribution >= 4 is 5.91 Å². The molecule has 6 nitrogen and oxygen atoms in total. The Bertz CT molecular complexity index is 660. The summed E-state index contributed by atoms with van der Waals surface area (Å²) in [6.45, 7) is 6.51. The lowest BCUT2D eigenvalue weighted by atomic mass is 10.0. The average Bonchev–Trinajstić information content (AvgIpc) is 2.78. The van der Waals surface area contributed by atoms with Crippen LogP contribution in [0, 0.1) is 19.8 Å². The Morgan fingerprint density at radius 2 is 2.24 bits per heavy atom. The molecule has 1 fully saturated rings. The van der Waals surface area contributed by atoms with Gasteiger partial charge in [-0.2, -0.15) is 0 Å². The second-order valence-electron chi connectivity index (χ2n) is 5.51. The van der Waals surface area contributed by atoms with E-state index in [1.54, 1.807) is 4.68 Å². The van der Waals surface area contributed by atoms with Gasteiger partial charge in [-0.25, -0.2) is 4.68 Å². The average molecular weight is 285 g/mol. The minimum atomic E-state index is -0.154. The van der Waals surface area contributed by atoms with Crippen LogP contribution < -0.4 is 10.6 Å². The molecule has 0 radical (unpaired) electrons. The van der Waals surface area contributed by atoms with Crippen LogP contribution in [0.15, 0.2) is 24.3 Å². The number of hydrogen-bond donors (Lipinski definition) is 2. The molecular formula is C15H19N5O. The van der Waals surface area contributed by atoms with E-state index in [1.807, 2.05) is 38.1 Å². The Kier molecular flexibility index (Phi) is 3.70. The van der Waals surface area contributed by atoms with Crippen molar-refractivity contribution < 1.29 is 4.79 Å². The van der Waals surface area contributed by atoms with E-state index in [1.165, 1.54) is 0 Å². The van der Waals surface area contributed by atoms with Crippen molar-refractivity contribution in [2.24, 2.45) is 5.92 Å². The monoisotopic (exact) mass is 285 g/mol. The lowest BCUT2D eigenvalue weighted by Crippen LogP contribution is -2.48. The summed E-state index contributed by atoms with van der Waals surface area (Å²) in [6.07, 6.45) is 0. The summed E-state index contributed by atoms with van der Waals surface area (Å²) in [6, 6.07) is 7.96. The zero-order chi connectivity index (χ0) is 14.8. The molecule has 0 unspecified atom stereocenters. The number of rotatable bonds is 4. The summed E-state index contributed by atoms with van der Waals surface area (Å²) < 4.78 is 1.70. The first-order valence-electron chi connectivity index (χ1n) is 7.13. The highest BCUT2D eigenvalue weighted by Crippen LogP contribution is 2.13. The van der Waals surface area contributed by atoms with Crippen LogP contribution in [-0.4, -0.2) is 40.5 Å². The fourth-order valence-corrected chi connectivity index (χ4v) is 2.36. The summed E-state index contributed by atoms with van der Waals surface area (Å²) in [5.41, 5.74) is 3.21. The van der Waals surface area contributed by atoms with Crippen molar-refractivity contribution in [3.63, 3.8) is 0 Å². The van der Waals surface area contributed by atoms with Gasteiger partial charge in [0.05, 0.1) is 11.4 Å². The molecule has 0 atom stereocenters. The molecule has 0 bridgehead atoms. The Hall–Kier alpha value is -2.21. The molecule has 1 aliphatic rings. The van der Waals surface area contributed by atoms with Crippen LogP contribution in [0.25, 0.3) is 5.69 Å². The van der Waals surface area contributed by atoms with E-state index in [9.17, 15) is 4.79 Å². The summed E-state index contributed by atoms with van der Waals surface area (Å²) >= 11 is 0. The van der Waals surface area contributed by atoms with E-state index in [4.69, 9.17) is 0 Å². The van der Waals surface area contributed by atoms with Crippen LogP contribution in [0.1, 0.15) is 21.7 Å². The van der Waals surface area contributed by atoms with Gasteiger partial charge in [-0.1, -0.05) is 17.3 Å². The number of nitrogens with one attached hydrogen (secondary N) is 2. The molecule has 2 N–H and O–H groups in total. The molecule has 6 heteroatoms.